The molecule has 0 N–H and O–H groups in total. The first-order valence-corrected chi connectivity index (χ1v) is 46.9. The molecule has 1 fully saturated rings. The maximum atomic E-state index is 6.89. The lowest BCUT2D eigenvalue weighted by Crippen LogP contribution is -2.28. The molecule has 23 aromatic rings. The Labute approximate surface area is 774 Å². The molecule has 0 radical (unpaired) electrons. The minimum absolute atomic E-state index is 0.386. The van der Waals surface area contributed by atoms with Crippen LogP contribution in [0.5, 0.6) is 0 Å². The number of furan rings is 3. The lowest BCUT2D eigenvalue weighted by atomic mass is 9.67. The van der Waals surface area contributed by atoms with Crippen molar-refractivity contribution in [1.29, 1.82) is 0 Å². The molecule has 0 spiro atoms. The standard InChI is InChI=1S/C44H36O.2C43H28O/c1-29-27-38(43-39(28-29)37-20-12-19-34(42(37)45-43)30-13-4-2-5-14-30)31-23-25-33(26-24-31)44(32-15-6-3-7-16-32)40-21-10-8-17-35(40)36-18-9-11-22-41(36)44;1-2-12-29(13-3-1)31-14-10-15-33(28-31)43(39-21-7-4-16-35(39)36-17-5-8-22-40(36)43)32-26-24-30(25-27-32)34-19-11-20-38-37-18-6-9-23-41(37)44-42(34)38;1-2-11-29(12-3-1)30-21-25-32(26-22-30)43(39-18-7-4-13-35(39)36-14-5-8-19-40(36)43)33-27-23-31(24-28-33)34-16-10-17-38-37-15-6-9-20-41(37)44-42(34)38/h3,6-12,15-28,30H,2,4-5,13-14H2,1H3;2*1-28H. The molecule has 0 saturated heterocycles. The molecule has 0 atom stereocenters. The van der Waals surface area contributed by atoms with Crippen LogP contribution in [0.15, 0.2) is 486 Å². The zero-order valence-electron chi connectivity index (χ0n) is 73.9. The van der Waals surface area contributed by atoms with E-state index in [0.29, 0.717) is 5.92 Å². The van der Waals surface area contributed by atoms with E-state index in [1.807, 2.05) is 24.3 Å². The minimum Gasteiger partial charge on any atom is -0.455 e. The smallest absolute Gasteiger partial charge is 0.143 e. The summed E-state index contributed by atoms with van der Waals surface area (Å²) in [5, 5.41) is 7.07. The Balaban J connectivity index is 0.000000107. The van der Waals surface area contributed by atoms with Gasteiger partial charge < -0.3 is 13.3 Å². The predicted octanol–water partition coefficient (Wildman–Crippen LogP) is 34.5. The molecule has 630 valence electrons. The molecule has 0 amide bonds. The number of benzene rings is 20. The summed E-state index contributed by atoms with van der Waals surface area (Å²) >= 11 is 0. The van der Waals surface area contributed by atoms with Gasteiger partial charge in [-0.05, 0) is 206 Å². The van der Waals surface area contributed by atoms with Gasteiger partial charge in [-0.25, -0.2) is 0 Å². The van der Waals surface area contributed by atoms with Crippen LogP contribution in [0.2, 0.25) is 0 Å². The molecular formula is C130H92O3. The van der Waals surface area contributed by atoms with E-state index in [1.165, 1.54) is 188 Å². The second kappa shape index (κ2) is 32.5. The van der Waals surface area contributed by atoms with Crippen molar-refractivity contribution in [3.63, 3.8) is 0 Å². The van der Waals surface area contributed by atoms with Crippen LogP contribution in [0.4, 0.5) is 0 Å². The van der Waals surface area contributed by atoms with Crippen molar-refractivity contribution < 1.29 is 13.3 Å². The molecule has 27 rings (SSSR count). The van der Waals surface area contributed by atoms with Gasteiger partial charge in [0.1, 0.15) is 33.5 Å². The Morgan fingerprint density at radius 2 is 0.481 bits per heavy atom. The van der Waals surface area contributed by atoms with Crippen molar-refractivity contribution in [2.45, 2.75) is 61.2 Å². The van der Waals surface area contributed by atoms with Gasteiger partial charge in [0.25, 0.3) is 0 Å². The van der Waals surface area contributed by atoms with Crippen LogP contribution in [0.1, 0.15) is 116 Å². The topological polar surface area (TPSA) is 39.4 Å². The fourth-order valence-electron chi connectivity index (χ4n) is 23.5. The number of rotatable bonds is 12. The lowest BCUT2D eigenvalue weighted by Gasteiger charge is -2.34. The summed E-state index contributed by atoms with van der Waals surface area (Å²) in [6.45, 7) is 2.21. The Bertz CT molecular complexity index is 8250. The van der Waals surface area contributed by atoms with Gasteiger partial charge in [0.15, 0.2) is 0 Å². The molecule has 1 saturated carbocycles. The first-order chi connectivity index (χ1) is 65.9. The van der Waals surface area contributed by atoms with Gasteiger partial charge >= 0.3 is 0 Å². The van der Waals surface area contributed by atoms with Crippen molar-refractivity contribution in [1.82, 2.24) is 0 Å². The number of fused-ring (bicyclic) bond motifs is 18. The zero-order chi connectivity index (χ0) is 88.1. The Morgan fingerprint density at radius 1 is 0.188 bits per heavy atom. The van der Waals surface area contributed by atoms with Gasteiger partial charge in [-0.3, -0.25) is 0 Å². The highest BCUT2D eigenvalue weighted by Crippen LogP contribution is 2.61. The maximum Gasteiger partial charge on any atom is 0.143 e. The van der Waals surface area contributed by atoms with Crippen LogP contribution in [-0.4, -0.2) is 0 Å². The maximum absolute atomic E-state index is 6.89. The number of aryl methyl sites for hydroxylation is 1. The summed E-state index contributed by atoms with van der Waals surface area (Å²) in [5.74, 6) is 0.596. The van der Waals surface area contributed by atoms with Crippen LogP contribution in [-0.2, 0) is 16.2 Å². The highest BCUT2D eigenvalue weighted by molar-refractivity contribution is 6.13. The van der Waals surface area contributed by atoms with Gasteiger partial charge in [-0.15, -0.1) is 0 Å². The first kappa shape index (κ1) is 79.0. The van der Waals surface area contributed by atoms with Gasteiger partial charge in [-0.1, -0.05) is 462 Å². The second-order valence-electron chi connectivity index (χ2n) is 36.4. The van der Waals surface area contributed by atoms with E-state index in [-0.39, 0.29) is 5.41 Å². The molecule has 3 heterocycles. The van der Waals surface area contributed by atoms with E-state index >= 15 is 0 Å². The molecule has 4 aliphatic carbocycles. The third-order valence-electron chi connectivity index (χ3n) is 29.4. The third-order valence-corrected chi connectivity index (χ3v) is 29.4. The van der Waals surface area contributed by atoms with Crippen molar-refractivity contribution in [2.75, 3.05) is 0 Å². The van der Waals surface area contributed by atoms with Crippen LogP contribution in [0, 0.1) is 6.92 Å². The Morgan fingerprint density at radius 3 is 0.917 bits per heavy atom. The third kappa shape index (κ3) is 12.7. The Hall–Kier alpha value is -16.2. The molecule has 0 bridgehead atoms. The van der Waals surface area contributed by atoms with E-state index in [0.717, 1.165) is 77.3 Å². The molecule has 3 heteroatoms. The second-order valence-corrected chi connectivity index (χ2v) is 36.4. The highest BCUT2D eigenvalue weighted by Gasteiger charge is 2.49. The molecular weight excluding hydrogens is 1610 g/mol. The monoisotopic (exact) mass is 1700 g/mol. The summed E-state index contributed by atoms with van der Waals surface area (Å²) in [6.07, 6.45) is 6.52. The van der Waals surface area contributed by atoms with Crippen molar-refractivity contribution in [3.8, 4) is 89.0 Å². The summed E-state index contributed by atoms with van der Waals surface area (Å²) in [6, 6.07) is 173. The normalized spacial score (nSPS) is 14.1. The van der Waals surface area contributed by atoms with Gasteiger partial charge in [0, 0.05) is 49.0 Å². The summed E-state index contributed by atoms with van der Waals surface area (Å²) in [7, 11) is 0. The molecule has 4 aliphatic rings. The van der Waals surface area contributed by atoms with E-state index < -0.39 is 10.8 Å². The highest BCUT2D eigenvalue weighted by atomic mass is 16.3. The molecule has 3 nitrogen and oxygen atoms in total. The summed E-state index contributed by atoms with van der Waals surface area (Å²) < 4.78 is 19.7. The number of hydrogen-bond acceptors (Lipinski definition) is 3. The van der Waals surface area contributed by atoms with E-state index in [1.54, 1.807) is 0 Å². The van der Waals surface area contributed by atoms with Gasteiger partial charge in [0.05, 0.1) is 16.2 Å². The van der Waals surface area contributed by atoms with Gasteiger partial charge in [-0.2, -0.15) is 0 Å². The lowest BCUT2D eigenvalue weighted by molar-refractivity contribution is 0.442. The van der Waals surface area contributed by atoms with Crippen molar-refractivity contribution >= 4 is 65.8 Å². The molecule has 0 unspecified atom stereocenters. The first-order valence-electron chi connectivity index (χ1n) is 46.9. The fraction of sp³-hybridized carbons (Fsp3) is 0.0769. The largest absolute Gasteiger partial charge is 0.455 e. The molecule has 0 aliphatic heterocycles. The average Bonchev–Trinajstić information content (AvgIpc) is 1.55. The summed E-state index contributed by atoms with van der Waals surface area (Å²) in [4.78, 5) is 0. The van der Waals surface area contributed by atoms with Crippen LogP contribution >= 0.6 is 0 Å². The van der Waals surface area contributed by atoms with Crippen LogP contribution < -0.4 is 0 Å². The van der Waals surface area contributed by atoms with E-state index in [9.17, 15) is 0 Å². The van der Waals surface area contributed by atoms with Gasteiger partial charge in [0.2, 0.25) is 0 Å². The number of hydrogen-bond donors (Lipinski definition) is 0. The quantitative estimate of drug-likeness (QED) is 0.122. The van der Waals surface area contributed by atoms with E-state index in [2.05, 4.69) is 456 Å². The molecule has 133 heavy (non-hydrogen) atoms. The van der Waals surface area contributed by atoms with E-state index in [4.69, 9.17) is 13.3 Å². The number of para-hydroxylation sites is 5. The fourth-order valence-corrected chi connectivity index (χ4v) is 23.5. The van der Waals surface area contributed by atoms with Crippen molar-refractivity contribution in [2.24, 2.45) is 0 Å². The van der Waals surface area contributed by atoms with Crippen LogP contribution in [0.25, 0.3) is 155 Å². The van der Waals surface area contributed by atoms with Crippen LogP contribution in [0.3, 0.4) is 0 Å². The predicted molar refractivity (Wildman–Crippen MR) is 551 cm³/mol. The minimum atomic E-state index is -0.456. The zero-order valence-corrected chi connectivity index (χ0v) is 73.9. The molecule has 3 aromatic heterocycles. The molecule has 20 aromatic carbocycles. The summed E-state index contributed by atoms with van der Waals surface area (Å²) in [5.41, 5.74) is 42.3. The Kier molecular flexibility index (Phi) is 19.3. The average molecular weight is 1700 g/mol. The van der Waals surface area contributed by atoms with Crippen molar-refractivity contribution in [3.05, 3.63) is 551 Å². The SMILES string of the molecule is Cc1cc(-c2ccc(C3(c4ccccc4)c4ccccc4-c4ccccc43)cc2)c2oc3c(C4CCCCC4)cccc3c2c1.c1ccc(-c2ccc(C3(c4ccc(-c5cccc6c5oc5ccccc56)cc4)c4ccccc4-c4ccccc43)cc2)cc1.c1ccc(-c2cccc(C3(c4ccc(-c5cccc6c5oc5ccccc56)cc4)c4ccccc4-c4ccccc43)c2)cc1.